The molecule has 1 unspecified atom stereocenters. The second-order valence-electron chi connectivity index (χ2n) is 7.57. The average molecular weight is 257 g/mol. The third-order valence-electron chi connectivity index (χ3n) is 4.92. The first kappa shape index (κ1) is 13.2. The summed E-state index contributed by atoms with van der Waals surface area (Å²) >= 11 is 0. The Balaban J connectivity index is 2.14. The van der Waals surface area contributed by atoms with Crippen molar-refractivity contribution in [2.24, 2.45) is 0 Å². The number of aryl methyl sites for hydroxylation is 1. The molecule has 1 aliphatic carbocycles. The maximum Gasteiger partial charge on any atom is 0.0233 e. The topological polar surface area (TPSA) is 3.24 Å². The van der Waals surface area contributed by atoms with Crippen LogP contribution in [0, 0.1) is 0 Å². The van der Waals surface area contributed by atoms with Crippen LogP contribution in [0.5, 0.6) is 0 Å². The van der Waals surface area contributed by atoms with Gasteiger partial charge in [0.2, 0.25) is 0 Å². The molecular formula is C18H27N. The van der Waals surface area contributed by atoms with E-state index < -0.39 is 0 Å². The monoisotopic (exact) mass is 257 g/mol. The van der Waals surface area contributed by atoms with Crippen molar-refractivity contribution in [3.05, 3.63) is 34.4 Å². The third-order valence-corrected chi connectivity index (χ3v) is 4.92. The van der Waals surface area contributed by atoms with Crippen LogP contribution in [0.2, 0.25) is 0 Å². The fraction of sp³-hybridized carbons (Fsp3) is 0.667. The Bertz CT molecular complexity index is 481. The van der Waals surface area contributed by atoms with Crippen LogP contribution in [-0.2, 0) is 18.4 Å². The zero-order chi connectivity index (χ0) is 13.6. The summed E-state index contributed by atoms with van der Waals surface area (Å²) < 4.78 is 0. The van der Waals surface area contributed by atoms with Crippen LogP contribution >= 0.6 is 0 Å². The summed E-state index contributed by atoms with van der Waals surface area (Å²) in [4.78, 5) is 2.50. The van der Waals surface area contributed by atoms with E-state index in [0.717, 1.165) is 12.5 Å². The average Bonchev–Trinajstić information content (AvgIpc) is 2.49. The van der Waals surface area contributed by atoms with E-state index in [1.807, 2.05) is 0 Å². The number of rotatable bonds is 0. The van der Waals surface area contributed by atoms with Gasteiger partial charge in [0.15, 0.2) is 0 Å². The normalized spacial score (nSPS) is 23.9. The smallest absolute Gasteiger partial charge is 0.0233 e. The Morgan fingerprint density at radius 1 is 1.11 bits per heavy atom. The van der Waals surface area contributed by atoms with Gasteiger partial charge in [0.05, 0.1) is 0 Å². The molecule has 0 radical (unpaired) electrons. The van der Waals surface area contributed by atoms with Gasteiger partial charge in [-0.3, -0.25) is 0 Å². The second-order valence-corrected chi connectivity index (χ2v) is 7.57. The summed E-state index contributed by atoms with van der Waals surface area (Å²) in [6.45, 7) is 9.40. The minimum atomic E-state index is 0.267. The fourth-order valence-electron chi connectivity index (χ4n) is 3.79. The summed E-state index contributed by atoms with van der Waals surface area (Å²) in [6.07, 6.45) is 5.44. The lowest BCUT2D eigenvalue weighted by Crippen LogP contribution is -2.18. The summed E-state index contributed by atoms with van der Waals surface area (Å²) in [6, 6.07) is 5.01. The van der Waals surface area contributed by atoms with Gasteiger partial charge in [0.25, 0.3) is 0 Å². The van der Waals surface area contributed by atoms with Crippen LogP contribution in [0.25, 0.3) is 0 Å². The molecule has 0 saturated carbocycles. The molecule has 1 heteroatoms. The Morgan fingerprint density at radius 3 is 2.58 bits per heavy atom. The van der Waals surface area contributed by atoms with Crippen molar-refractivity contribution in [3.8, 4) is 0 Å². The molecule has 19 heavy (non-hydrogen) atoms. The molecule has 0 aromatic heterocycles. The van der Waals surface area contributed by atoms with E-state index in [2.05, 4.69) is 44.9 Å². The Labute approximate surface area is 118 Å². The summed E-state index contributed by atoms with van der Waals surface area (Å²) in [5, 5.41) is 0. The Kier molecular flexibility index (Phi) is 3.21. The van der Waals surface area contributed by atoms with E-state index in [1.165, 1.54) is 37.8 Å². The van der Waals surface area contributed by atoms with Crippen molar-refractivity contribution in [3.63, 3.8) is 0 Å². The summed E-state index contributed by atoms with van der Waals surface area (Å²) in [5.41, 5.74) is 6.80. The molecule has 0 fully saturated rings. The molecule has 1 aliphatic heterocycles. The fourth-order valence-corrected chi connectivity index (χ4v) is 3.79. The second kappa shape index (κ2) is 4.63. The summed E-state index contributed by atoms with van der Waals surface area (Å²) in [5.74, 6) is 0.831. The number of hydrogen-bond acceptors (Lipinski definition) is 1. The van der Waals surface area contributed by atoms with Crippen LogP contribution < -0.4 is 0 Å². The number of benzene rings is 1. The molecule has 3 rings (SSSR count). The highest BCUT2D eigenvalue weighted by atomic mass is 15.1. The molecule has 104 valence electrons. The van der Waals surface area contributed by atoms with Gasteiger partial charge in [0.1, 0.15) is 0 Å². The van der Waals surface area contributed by atoms with Gasteiger partial charge in [-0.15, -0.1) is 0 Å². The van der Waals surface area contributed by atoms with Crippen LogP contribution in [0.3, 0.4) is 0 Å². The predicted octanol–water partition coefficient (Wildman–Crippen LogP) is 4.24. The van der Waals surface area contributed by atoms with Crippen molar-refractivity contribution in [1.82, 2.24) is 4.90 Å². The van der Waals surface area contributed by atoms with Crippen LogP contribution in [0.15, 0.2) is 12.1 Å². The largest absolute Gasteiger partial charge is 0.302 e. The van der Waals surface area contributed by atoms with E-state index in [-0.39, 0.29) is 5.41 Å². The van der Waals surface area contributed by atoms with Crippen molar-refractivity contribution in [2.75, 3.05) is 13.6 Å². The molecule has 1 atom stereocenters. The van der Waals surface area contributed by atoms with E-state index in [9.17, 15) is 0 Å². The third kappa shape index (κ3) is 2.45. The van der Waals surface area contributed by atoms with E-state index >= 15 is 0 Å². The molecule has 1 aromatic rings. The molecule has 2 aliphatic rings. The first-order valence-electron chi connectivity index (χ1n) is 7.80. The number of nitrogens with zero attached hydrogens (tertiary/aromatic N) is 1. The summed E-state index contributed by atoms with van der Waals surface area (Å²) in [7, 11) is 2.27. The quantitative estimate of drug-likeness (QED) is 0.672. The molecule has 0 bridgehead atoms. The van der Waals surface area contributed by atoms with Crippen molar-refractivity contribution >= 4 is 0 Å². The predicted molar refractivity (Wildman–Crippen MR) is 81.8 cm³/mol. The lowest BCUT2D eigenvalue weighted by molar-refractivity contribution is 0.321. The van der Waals surface area contributed by atoms with Crippen LogP contribution in [0.1, 0.15) is 68.2 Å². The highest BCUT2D eigenvalue weighted by Gasteiger charge is 2.28. The highest BCUT2D eigenvalue weighted by Crippen LogP contribution is 2.40. The van der Waals surface area contributed by atoms with Crippen LogP contribution in [0.4, 0.5) is 0 Å². The standard InChI is InChI=1S/C18H27N/c1-18(2,3)16-10-14-7-5-6-13-8-9-19(4)12-15(11-16)17(13)14/h10-11,13H,5-9,12H2,1-4H3. The van der Waals surface area contributed by atoms with Crippen molar-refractivity contribution in [1.29, 1.82) is 0 Å². The highest BCUT2D eigenvalue weighted by molar-refractivity contribution is 5.45. The van der Waals surface area contributed by atoms with E-state index in [1.54, 1.807) is 16.7 Å². The van der Waals surface area contributed by atoms with Gasteiger partial charge in [0, 0.05) is 6.54 Å². The van der Waals surface area contributed by atoms with E-state index in [0.29, 0.717) is 0 Å². The lowest BCUT2D eigenvalue weighted by atomic mass is 9.75. The van der Waals surface area contributed by atoms with Gasteiger partial charge in [-0.05, 0) is 72.9 Å². The zero-order valence-electron chi connectivity index (χ0n) is 12.9. The maximum absolute atomic E-state index is 2.51. The molecule has 0 N–H and O–H groups in total. The maximum atomic E-state index is 2.51. The molecule has 0 amide bonds. The first-order valence-corrected chi connectivity index (χ1v) is 7.80. The van der Waals surface area contributed by atoms with Crippen molar-refractivity contribution < 1.29 is 0 Å². The molecule has 0 spiro atoms. The van der Waals surface area contributed by atoms with Gasteiger partial charge < -0.3 is 4.90 Å². The van der Waals surface area contributed by atoms with Gasteiger partial charge in [-0.1, -0.05) is 32.9 Å². The molecular weight excluding hydrogens is 230 g/mol. The van der Waals surface area contributed by atoms with Gasteiger partial charge >= 0.3 is 0 Å². The zero-order valence-corrected chi connectivity index (χ0v) is 12.9. The lowest BCUT2D eigenvalue weighted by Gasteiger charge is -2.29. The number of hydrogen-bond donors (Lipinski definition) is 0. The first-order chi connectivity index (χ1) is 8.95. The Morgan fingerprint density at radius 2 is 1.84 bits per heavy atom. The molecule has 1 nitrogen and oxygen atoms in total. The molecule has 0 saturated heterocycles. The van der Waals surface area contributed by atoms with Crippen LogP contribution in [-0.4, -0.2) is 18.5 Å². The minimum absolute atomic E-state index is 0.267. The van der Waals surface area contributed by atoms with Gasteiger partial charge in [-0.2, -0.15) is 0 Å². The molecule has 1 heterocycles. The SMILES string of the molecule is CN1CCC2CCCc3cc(C(C)(C)C)cc(c32)C1. The van der Waals surface area contributed by atoms with E-state index in [4.69, 9.17) is 0 Å². The van der Waals surface area contributed by atoms with Crippen molar-refractivity contribution in [2.45, 2.75) is 64.3 Å². The molecule has 1 aromatic carbocycles. The Hall–Kier alpha value is -0.820. The minimum Gasteiger partial charge on any atom is -0.302 e. The van der Waals surface area contributed by atoms with Gasteiger partial charge in [-0.25, -0.2) is 0 Å².